The SMILES string of the molecule is COc1ccc(CSc2nnc(SCC(=O)N[C@H]3CCCC[C@@H]3C)s2)cc1. The first-order valence-electron chi connectivity index (χ1n) is 9.15. The molecule has 0 unspecified atom stereocenters. The molecule has 3 rings (SSSR count). The number of hydrogen-bond donors (Lipinski definition) is 1. The molecule has 0 saturated heterocycles. The lowest BCUT2D eigenvalue weighted by molar-refractivity contribution is -0.119. The number of ether oxygens (including phenoxy) is 1. The quantitative estimate of drug-likeness (QED) is 0.625. The zero-order valence-corrected chi connectivity index (χ0v) is 18.1. The van der Waals surface area contributed by atoms with Crippen molar-refractivity contribution >= 4 is 40.8 Å². The molecule has 0 spiro atoms. The fraction of sp³-hybridized carbons (Fsp3) is 0.526. The van der Waals surface area contributed by atoms with Gasteiger partial charge in [-0.05, 0) is 36.5 Å². The Morgan fingerprint density at radius 2 is 1.89 bits per heavy atom. The van der Waals surface area contributed by atoms with Crippen LogP contribution in [-0.4, -0.2) is 35.0 Å². The summed E-state index contributed by atoms with van der Waals surface area (Å²) in [7, 11) is 1.67. The van der Waals surface area contributed by atoms with E-state index in [0.29, 0.717) is 17.7 Å². The second-order valence-electron chi connectivity index (χ2n) is 6.70. The van der Waals surface area contributed by atoms with Gasteiger partial charge in [0.2, 0.25) is 5.91 Å². The fourth-order valence-electron chi connectivity index (χ4n) is 3.09. The van der Waals surface area contributed by atoms with E-state index in [1.807, 2.05) is 12.1 Å². The molecule has 146 valence electrons. The van der Waals surface area contributed by atoms with E-state index < -0.39 is 0 Å². The van der Waals surface area contributed by atoms with Crippen molar-refractivity contribution in [2.45, 2.75) is 53.1 Å². The maximum Gasteiger partial charge on any atom is 0.230 e. The van der Waals surface area contributed by atoms with Gasteiger partial charge in [-0.1, -0.05) is 66.8 Å². The standard InChI is InChI=1S/C19H25N3O2S3/c1-13-5-3-4-6-16(13)20-17(23)12-26-19-22-21-18(27-19)25-11-14-7-9-15(24-2)10-8-14/h7-10,13,16H,3-6,11-12H2,1-2H3,(H,20,23)/t13-,16-/m0/s1. The van der Waals surface area contributed by atoms with Crippen molar-refractivity contribution in [1.29, 1.82) is 0 Å². The van der Waals surface area contributed by atoms with Crippen molar-refractivity contribution in [3.63, 3.8) is 0 Å². The second-order valence-corrected chi connectivity index (χ2v) is 10.1. The Hall–Kier alpha value is -1.25. The van der Waals surface area contributed by atoms with Crippen molar-refractivity contribution in [2.24, 2.45) is 5.92 Å². The maximum atomic E-state index is 12.2. The van der Waals surface area contributed by atoms with Crippen LogP contribution in [-0.2, 0) is 10.5 Å². The molecule has 0 aliphatic heterocycles. The molecule has 0 bridgehead atoms. The van der Waals surface area contributed by atoms with Crippen molar-refractivity contribution in [1.82, 2.24) is 15.5 Å². The van der Waals surface area contributed by atoms with Crippen molar-refractivity contribution in [3.8, 4) is 5.75 Å². The lowest BCUT2D eigenvalue weighted by atomic mass is 9.86. The number of rotatable bonds is 8. The smallest absolute Gasteiger partial charge is 0.230 e. The maximum absolute atomic E-state index is 12.2. The number of methoxy groups -OCH3 is 1. The largest absolute Gasteiger partial charge is 0.497 e. The molecule has 1 aliphatic carbocycles. The number of hydrogen-bond acceptors (Lipinski definition) is 7. The highest BCUT2D eigenvalue weighted by molar-refractivity contribution is 8.03. The molecule has 1 aliphatic rings. The summed E-state index contributed by atoms with van der Waals surface area (Å²) in [6.45, 7) is 2.23. The topological polar surface area (TPSA) is 64.1 Å². The summed E-state index contributed by atoms with van der Waals surface area (Å²) in [5.41, 5.74) is 1.21. The van der Waals surface area contributed by atoms with Gasteiger partial charge >= 0.3 is 0 Å². The average Bonchev–Trinajstić information content (AvgIpc) is 3.15. The summed E-state index contributed by atoms with van der Waals surface area (Å²) in [6, 6.07) is 8.36. The van der Waals surface area contributed by atoms with Crippen LogP contribution in [0.15, 0.2) is 32.9 Å². The van der Waals surface area contributed by atoms with Gasteiger partial charge in [-0.3, -0.25) is 4.79 Å². The molecule has 27 heavy (non-hydrogen) atoms. The van der Waals surface area contributed by atoms with Crippen LogP contribution in [0.2, 0.25) is 0 Å². The molecule has 1 saturated carbocycles. The first kappa shape index (κ1) is 20.5. The van der Waals surface area contributed by atoms with Gasteiger partial charge in [0, 0.05) is 11.8 Å². The third kappa shape index (κ3) is 6.40. The Kier molecular flexibility index (Phi) is 7.84. The Balaban J connectivity index is 1.41. The van der Waals surface area contributed by atoms with E-state index in [1.165, 1.54) is 36.6 Å². The van der Waals surface area contributed by atoms with E-state index in [1.54, 1.807) is 30.2 Å². The van der Waals surface area contributed by atoms with Gasteiger partial charge in [0.25, 0.3) is 0 Å². The number of nitrogens with zero attached hydrogens (tertiary/aromatic N) is 2. The molecule has 1 aromatic heterocycles. The van der Waals surface area contributed by atoms with Crippen molar-refractivity contribution < 1.29 is 9.53 Å². The van der Waals surface area contributed by atoms with Crippen LogP contribution in [0.4, 0.5) is 0 Å². The summed E-state index contributed by atoms with van der Waals surface area (Å²) in [6.07, 6.45) is 4.81. The Bertz CT molecular complexity index is 736. The highest BCUT2D eigenvalue weighted by Crippen LogP contribution is 2.31. The summed E-state index contributed by atoms with van der Waals surface area (Å²) in [5.74, 6) is 2.78. The highest BCUT2D eigenvalue weighted by Gasteiger charge is 2.22. The monoisotopic (exact) mass is 423 g/mol. The summed E-state index contributed by atoms with van der Waals surface area (Å²) >= 11 is 4.68. The Morgan fingerprint density at radius 1 is 1.19 bits per heavy atom. The molecular formula is C19H25N3O2S3. The first-order valence-corrected chi connectivity index (χ1v) is 11.9. The average molecular weight is 424 g/mol. The zero-order valence-electron chi connectivity index (χ0n) is 15.6. The summed E-state index contributed by atoms with van der Waals surface area (Å²) in [4.78, 5) is 12.2. The zero-order chi connectivity index (χ0) is 19.1. The third-order valence-corrected chi connectivity index (χ3v) is 7.95. The molecule has 2 aromatic rings. The third-order valence-electron chi connectivity index (χ3n) is 4.69. The number of thioether (sulfide) groups is 2. The fourth-order valence-corrected chi connectivity index (χ4v) is 5.87. The number of nitrogens with one attached hydrogen (secondary N) is 1. The molecule has 1 heterocycles. The molecular weight excluding hydrogens is 398 g/mol. The minimum atomic E-state index is 0.0985. The van der Waals surface area contributed by atoms with Gasteiger partial charge < -0.3 is 10.1 Å². The van der Waals surface area contributed by atoms with Gasteiger partial charge in [-0.25, -0.2) is 0 Å². The molecule has 1 fully saturated rings. The summed E-state index contributed by atoms with van der Waals surface area (Å²) < 4.78 is 6.94. The predicted octanol–water partition coefficient (Wildman–Crippen LogP) is 4.63. The van der Waals surface area contributed by atoms with Gasteiger partial charge in [0.05, 0.1) is 12.9 Å². The van der Waals surface area contributed by atoms with Crippen LogP contribution in [0.25, 0.3) is 0 Å². The van der Waals surface area contributed by atoms with E-state index >= 15 is 0 Å². The van der Waals surface area contributed by atoms with Crippen molar-refractivity contribution in [2.75, 3.05) is 12.9 Å². The van der Waals surface area contributed by atoms with E-state index in [4.69, 9.17) is 4.74 Å². The molecule has 1 amide bonds. The van der Waals surface area contributed by atoms with Gasteiger partial charge in [-0.2, -0.15) is 0 Å². The molecule has 2 atom stereocenters. The predicted molar refractivity (Wildman–Crippen MR) is 113 cm³/mol. The van der Waals surface area contributed by atoms with Crippen LogP contribution >= 0.6 is 34.9 Å². The van der Waals surface area contributed by atoms with Crippen LogP contribution in [0.5, 0.6) is 5.75 Å². The van der Waals surface area contributed by atoms with E-state index in [0.717, 1.165) is 26.6 Å². The summed E-state index contributed by atoms with van der Waals surface area (Å²) in [5, 5.41) is 11.6. The molecule has 1 aromatic carbocycles. The normalized spacial score (nSPS) is 19.6. The van der Waals surface area contributed by atoms with Crippen LogP contribution in [0.3, 0.4) is 0 Å². The number of benzene rings is 1. The van der Waals surface area contributed by atoms with Crippen LogP contribution < -0.4 is 10.1 Å². The van der Waals surface area contributed by atoms with Crippen LogP contribution in [0.1, 0.15) is 38.2 Å². The lowest BCUT2D eigenvalue weighted by Crippen LogP contribution is -2.41. The minimum Gasteiger partial charge on any atom is -0.497 e. The van der Waals surface area contributed by atoms with Crippen molar-refractivity contribution in [3.05, 3.63) is 29.8 Å². The minimum absolute atomic E-state index is 0.0985. The molecule has 8 heteroatoms. The van der Waals surface area contributed by atoms with E-state index in [-0.39, 0.29) is 5.91 Å². The number of carbonyl (C=O) groups is 1. The lowest BCUT2D eigenvalue weighted by Gasteiger charge is -2.29. The molecule has 5 nitrogen and oxygen atoms in total. The number of aromatic nitrogens is 2. The number of amides is 1. The Labute approximate surface area is 173 Å². The van der Waals surface area contributed by atoms with E-state index in [2.05, 4.69) is 34.6 Å². The van der Waals surface area contributed by atoms with Crippen LogP contribution in [0, 0.1) is 5.92 Å². The van der Waals surface area contributed by atoms with Gasteiger partial charge in [0.1, 0.15) is 5.75 Å². The van der Waals surface area contributed by atoms with Gasteiger partial charge in [0.15, 0.2) is 8.68 Å². The molecule has 0 radical (unpaired) electrons. The number of carbonyl (C=O) groups excluding carboxylic acids is 1. The van der Waals surface area contributed by atoms with Gasteiger partial charge in [-0.15, -0.1) is 10.2 Å². The molecule has 1 N–H and O–H groups in total. The highest BCUT2D eigenvalue weighted by atomic mass is 32.2. The van der Waals surface area contributed by atoms with E-state index in [9.17, 15) is 4.79 Å². The Morgan fingerprint density at radius 3 is 2.59 bits per heavy atom. The second kappa shape index (κ2) is 10.3. The first-order chi connectivity index (χ1) is 13.1.